The predicted molar refractivity (Wildman–Crippen MR) is 92.6 cm³/mol. The number of nitrogens with one attached hydrogen (secondary N) is 1. The average molecular weight is 333 g/mol. The summed E-state index contributed by atoms with van der Waals surface area (Å²) in [4.78, 5) is 25.3. The number of hydrogen-bond donors (Lipinski definition) is 2. The zero-order chi connectivity index (χ0) is 17.7. The van der Waals surface area contributed by atoms with Gasteiger partial charge in [-0.15, -0.1) is 0 Å². The van der Waals surface area contributed by atoms with Crippen LogP contribution in [0.15, 0.2) is 24.3 Å². The molecule has 1 aromatic carbocycles. The number of likely N-dealkylation sites (tertiary alicyclic amines) is 1. The van der Waals surface area contributed by atoms with Crippen molar-refractivity contribution in [1.82, 2.24) is 10.2 Å². The molecule has 1 atom stereocenters. The number of hydrogen-bond acceptors (Lipinski definition) is 4. The van der Waals surface area contributed by atoms with E-state index in [2.05, 4.69) is 10.2 Å². The van der Waals surface area contributed by atoms with E-state index in [1.54, 1.807) is 6.07 Å². The van der Waals surface area contributed by atoms with Gasteiger partial charge in [0.1, 0.15) is 5.60 Å². The highest BCUT2D eigenvalue weighted by Gasteiger charge is 2.24. The SMILES string of the molecule is CC(C)(C)OC(=O)NC[C@@H]1CCN(Cc2cccc(C(N)=O)c2)C1. The van der Waals surface area contributed by atoms with Crippen molar-refractivity contribution in [3.8, 4) is 0 Å². The minimum Gasteiger partial charge on any atom is -0.444 e. The highest BCUT2D eigenvalue weighted by Crippen LogP contribution is 2.19. The number of nitrogens with two attached hydrogens (primary N) is 1. The van der Waals surface area contributed by atoms with Gasteiger partial charge in [-0.2, -0.15) is 0 Å². The first-order chi connectivity index (χ1) is 11.2. The lowest BCUT2D eigenvalue weighted by molar-refractivity contribution is 0.0519. The fourth-order valence-electron chi connectivity index (χ4n) is 2.85. The molecule has 2 rings (SSSR count). The number of rotatable bonds is 5. The van der Waals surface area contributed by atoms with E-state index in [9.17, 15) is 9.59 Å². The Morgan fingerprint density at radius 2 is 2.12 bits per heavy atom. The van der Waals surface area contributed by atoms with Crippen molar-refractivity contribution < 1.29 is 14.3 Å². The van der Waals surface area contributed by atoms with E-state index in [1.165, 1.54) is 0 Å². The lowest BCUT2D eigenvalue weighted by atomic mass is 10.1. The van der Waals surface area contributed by atoms with Crippen LogP contribution in [-0.2, 0) is 11.3 Å². The molecular weight excluding hydrogens is 306 g/mol. The summed E-state index contributed by atoms with van der Waals surface area (Å²) in [7, 11) is 0. The van der Waals surface area contributed by atoms with Crippen LogP contribution < -0.4 is 11.1 Å². The van der Waals surface area contributed by atoms with Crippen LogP contribution >= 0.6 is 0 Å². The number of carbonyl (C=O) groups is 2. The standard InChI is InChI=1S/C18H27N3O3/c1-18(2,3)24-17(23)20-10-14-7-8-21(12-14)11-13-5-4-6-15(9-13)16(19)22/h4-6,9,14H,7-8,10-12H2,1-3H3,(H2,19,22)(H,20,23)/t14-/m0/s1. The van der Waals surface area contributed by atoms with Gasteiger partial charge in [-0.3, -0.25) is 9.69 Å². The fourth-order valence-corrected chi connectivity index (χ4v) is 2.85. The summed E-state index contributed by atoms with van der Waals surface area (Å²) in [5.74, 6) is 0.00884. The molecule has 24 heavy (non-hydrogen) atoms. The zero-order valence-electron chi connectivity index (χ0n) is 14.7. The van der Waals surface area contributed by atoms with Crippen molar-refractivity contribution in [2.75, 3.05) is 19.6 Å². The highest BCUT2D eigenvalue weighted by molar-refractivity contribution is 5.92. The summed E-state index contributed by atoms with van der Waals surface area (Å²) < 4.78 is 5.25. The van der Waals surface area contributed by atoms with Gasteiger partial charge in [0.2, 0.25) is 5.91 Å². The zero-order valence-corrected chi connectivity index (χ0v) is 14.7. The van der Waals surface area contributed by atoms with Gasteiger partial charge >= 0.3 is 6.09 Å². The summed E-state index contributed by atoms with van der Waals surface area (Å²) in [6.07, 6.45) is 0.667. The van der Waals surface area contributed by atoms with Crippen molar-refractivity contribution in [2.24, 2.45) is 11.7 Å². The van der Waals surface area contributed by atoms with Crippen LogP contribution in [0.25, 0.3) is 0 Å². The lowest BCUT2D eigenvalue weighted by Gasteiger charge is -2.21. The van der Waals surface area contributed by atoms with Crippen LogP contribution in [0.5, 0.6) is 0 Å². The third kappa shape index (κ3) is 5.85. The molecule has 0 aliphatic carbocycles. The minimum atomic E-state index is -0.475. The molecule has 1 heterocycles. The Bertz CT molecular complexity index is 595. The molecule has 1 fully saturated rings. The number of alkyl carbamates (subject to hydrolysis) is 1. The van der Waals surface area contributed by atoms with Gasteiger partial charge in [0.25, 0.3) is 0 Å². The van der Waals surface area contributed by atoms with E-state index in [4.69, 9.17) is 10.5 Å². The largest absolute Gasteiger partial charge is 0.444 e. The monoisotopic (exact) mass is 333 g/mol. The molecule has 6 nitrogen and oxygen atoms in total. The van der Waals surface area contributed by atoms with E-state index in [1.807, 2.05) is 39.0 Å². The number of benzene rings is 1. The van der Waals surface area contributed by atoms with Gasteiger partial charge in [0.05, 0.1) is 0 Å². The van der Waals surface area contributed by atoms with Gasteiger partial charge < -0.3 is 15.8 Å². The molecule has 132 valence electrons. The van der Waals surface area contributed by atoms with E-state index >= 15 is 0 Å². The second kappa shape index (κ2) is 7.66. The molecule has 1 aromatic rings. The highest BCUT2D eigenvalue weighted by atomic mass is 16.6. The maximum Gasteiger partial charge on any atom is 0.407 e. The third-order valence-corrected chi connectivity index (χ3v) is 3.92. The summed E-state index contributed by atoms with van der Waals surface area (Å²) in [6, 6.07) is 7.42. The maximum absolute atomic E-state index is 11.7. The van der Waals surface area contributed by atoms with Crippen LogP contribution in [0.1, 0.15) is 43.1 Å². The van der Waals surface area contributed by atoms with Crippen LogP contribution in [0.2, 0.25) is 0 Å². The van der Waals surface area contributed by atoms with Crippen molar-refractivity contribution in [2.45, 2.75) is 39.3 Å². The first-order valence-corrected chi connectivity index (χ1v) is 8.31. The molecule has 1 saturated heterocycles. The van der Waals surface area contributed by atoms with Crippen LogP contribution in [0.3, 0.4) is 0 Å². The molecule has 1 aliphatic heterocycles. The summed E-state index contributed by atoms with van der Waals surface area (Å²) in [5.41, 5.74) is 6.46. The smallest absolute Gasteiger partial charge is 0.407 e. The molecule has 0 aromatic heterocycles. The van der Waals surface area contributed by atoms with Gasteiger partial charge in [-0.1, -0.05) is 12.1 Å². The van der Waals surface area contributed by atoms with Gasteiger partial charge in [0, 0.05) is 25.2 Å². The van der Waals surface area contributed by atoms with Crippen LogP contribution in [-0.4, -0.2) is 42.1 Å². The summed E-state index contributed by atoms with van der Waals surface area (Å²) in [5, 5.41) is 2.84. The number of ether oxygens (including phenoxy) is 1. The lowest BCUT2D eigenvalue weighted by Crippen LogP contribution is -2.36. The van der Waals surface area contributed by atoms with Crippen molar-refractivity contribution >= 4 is 12.0 Å². The molecular formula is C18H27N3O3. The molecule has 0 radical (unpaired) electrons. The second-order valence-electron chi connectivity index (χ2n) is 7.34. The van der Waals surface area contributed by atoms with E-state index < -0.39 is 11.5 Å². The van der Waals surface area contributed by atoms with Crippen molar-refractivity contribution in [3.63, 3.8) is 0 Å². The summed E-state index contributed by atoms with van der Waals surface area (Å²) >= 11 is 0. The van der Waals surface area contributed by atoms with Crippen LogP contribution in [0, 0.1) is 5.92 Å². The van der Waals surface area contributed by atoms with E-state index in [0.29, 0.717) is 18.0 Å². The average Bonchev–Trinajstić information content (AvgIpc) is 2.91. The molecule has 0 unspecified atom stereocenters. The topological polar surface area (TPSA) is 84.7 Å². The number of nitrogens with zero attached hydrogens (tertiary/aromatic N) is 1. The van der Waals surface area contributed by atoms with Crippen molar-refractivity contribution in [1.29, 1.82) is 0 Å². The number of primary amides is 1. The Balaban J connectivity index is 1.78. The third-order valence-electron chi connectivity index (χ3n) is 3.92. The Kier molecular flexibility index (Phi) is 5.83. The first-order valence-electron chi connectivity index (χ1n) is 8.31. The van der Waals surface area contributed by atoms with Gasteiger partial charge in [-0.25, -0.2) is 4.79 Å². The van der Waals surface area contributed by atoms with Crippen molar-refractivity contribution in [3.05, 3.63) is 35.4 Å². The second-order valence-corrected chi connectivity index (χ2v) is 7.34. The van der Waals surface area contributed by atoms with E-state index in [0.717, 1.165) is 31.6 Å². The molecule has 1 aliphatic rings. The Labute approximate surface area is 143 Å². The predicted octanol–water partition coefficient (Wildman–Crippen LogP) is 2.13. The fraction of sp³-hybridized carbons (Fsp3) is 0.556. The number of amides is 2. The molecule has 2 amide bonds. The quantitative estimate of drug-likeness (QED) is 0.864. The van der Waals surface area contributed by atoms with Crippen LogP contribution in [0.4, 0.5) is 4.79 Å². The molecule has 0 spiro atoms. The first kappa shape index (κ1) is 18.3. The van der Waals surface area contributed by atoms with Gasteiger partial charge in [-0.05, 0) is 57.4 Å². The van der Waals surface area contributed by atoms with Gasteiger partial charge in [0.15, 0.2) is 0 Å². The van der Waals surface area contributed by atoms with E-state index in [-0.39, 0.29) is 6.09 Å². The Hall–Kier alpha value is -2.08. The molecule has 3 N–H and O–H groups in total. The molecule has 6 heteroatoms. The molecule has 0 saturated carbocycles. The minimum absolute atomic E-state index is 0.366. The maximum atomic E-state index is 11.7. The Morgan fingerprint density at radius 3 is 2.79 bits per heavy atom. The Morgan fingerprint density at radius 1 is 1.38 bits per heavy atom. The summed E-state index contributed by atoms with van der Waals surface area (Å²) in [6.45, 7) is 8.84. The molecule has 0 bridgehead atoms. The number of carbonyl (C=O) groups excluding carboxylic acids is 2. The normalized spacial score (nSPS) is 18.4.